The fourth-order valence-corrected chi connectivity index (χ4v) is 4.01. The third kappa shape index (κ3) is 5.57. The number of hydrogen-bond donors (Lipinski definition) is 1. The average molecular weight is 411 g/mol. The minimum absolute atomic E-state index is 0.0352. The number of carbonyl (C=O) groups excluding carboxylic acids is 1. The van der Waals surface area contributed by atoms with Crippen LogP contribution in [0.1, 0.15) is 45.7 Å². The molecule has 0 radical (unpaired) electrons. The van der Waals surface area contributed by atoms with Crippen LogP contribution in [0.4, 0.5) is 10.1 Å². The highest BCUT2D eigenvalue weighted by Crippen LogP contribution is 2.31. The van der Waals surface area contributed by atoms with Gasteiger partial charge in [0.1, 0.15) is 11.3 Å². The summed E-state index contributed by atoms with van der Waals surface area (Å²) in [6.45, 7) is 6.40. The molecule has 3 rings (SSSR count). The lowest BCUT2D eigenvalue weighted by Gasteiger charge is -2.25. The van der Waals surface area contributed by atoms with E-state index in [2.05, 4.69) is 31.1 Å². The molecular weight excluding hydrogens is 383 g/mol. The van der Waals surface area contributed by atoms with Crippen LogP contribution >= 0.6 is 11.8 Å². The Bertz CT molecular complexity index is 1000. The largest absolute Gasteiger partial charge is 0.326 e. The summed E-state index contributed by atoms with van der Waals surface area (Å²) < 4.78 is 14.0. The molecule has 0 aliphatic heterocycles. The van der Waals surface area contributed by atoms with E-state index >= 15 is 0 Å². The smallest absolute Gasteiger partial charge is 0.224 e. The molecule has 1 N–H and O–H groups in total. The van der Waals surface area contributed by atoms with Crippen LogP contribution in [0.2, 0.25) is 0 Å². The maximum absolute atomic E-state index is 14.0. The average Bonchev–Trinajstić information content (AvgIpc) is 2.72. The lowest BCUT2D eigenvalue weighted by atomic mass is 9.81. The van der Waals surface area contributed by atoms with E-state index in [1.54, 1.807) is 17.8 Å². The number of rotatable bonds is 8. The summed E-state index contributed by atoms with van der Waals surface area (Å²) in [7, 11) is 0. The monoisotopic (exact) mass is 410 g/mol. The van der Waals surface area contributed by atoms with Crippen molar-refractivity contribution < 1.29 is 9.18 Å². The molecule has 5 heteroatoms. The van der Waals surface area contributed by atoms with Gasteiger partial charge in [0.05, 0.1) is 5.69 Å². The van der Waals surface area contributed by atoms with E-state index in [0.717, 1.165) is 34.5 Å². The van der Waals surface area contributed by atoms with Crippen molar-refractivity contribution in [2.24, 2.45) is 5.41 Å². The van der Waals surface area contributed by atoms with Crippen LogP contribution in [-0.4, -0.2) is 10.9 Å². The Morgan fingerprint density at radius 1 is 1.10 bits per heavy atom. The first-order valence-corrected chi connectivity index (χ1v) is 11.0. The number of nitrogens with one attached hydrogen (secondary N) is 1. The van der Waals surface area contributed by atoms with Crippen LogP contribution in [0, 0.1) is 11.2 Å². The summed E-state index contributed by atoms with van der Waals surface area (Å²) >= 11 is 1.62. The Morgan fingerprint density at radius 3 is 2.62 bits per heavy atom. The zero-order chi connectivity index (χ0) is 20.9. The number of hydrogen-bond acceptors (Lipinski definition) is 3. The molecule has 0 fully saturated rings. The van der Waals surface area contributed by atoms with Crippen molar-refractivity contribution in [1.82, 2.24) is 4.98 Å². The predicted molar refractivity (Wildman–Crippen MR) is 120 cm³/mol. The maximum Gasteiger partial charge on any atom is 0.224 e. The first-order chi connectivity index (χ1) is 13.9. The predicted octanol–water partition coefficient (Wildman–Crippen LogP) is 6.82. The topological polar surface area (TPSA) is 42.0 Å². The number of nitrogens with zero attached hydrogens (tertiary/aromatic N) is 1. The summed E-state index contributed by atoms with van der Waals surface area (Å²) in [5, 5.41) is 3.82. The SMILES string of the molecule is CCC(C)(CC)CC(=O)Nc1cccc(SCc2ccc3cccc(F)c3n2)c1. The molecule has 0 saturated heterocycles. The van der Waals surface area contributed by atoms with E-state index in [4.69, 9.17) is 0 Å². The highest BCUT2D eigenvalue weighted by molar-refractivity contribution is 7.98. The van der Waals surface area contributed by atoms with E-state index < -0.39 is 0 Å². The van der Waals surface area contributed by atoms with Gasteiger partial charge in [-0.15, -0.1) is 11.8 Å². The Hall–Kier alpha value is -2.40. The van der Waals surface area contributed by atoms with Gasteiger partial charge in [0, 0.05) is 28.1 Å². The molecule has 1 amide bonds. The lowest BCUT2D eigenvalue weighted by molar-refractivity contribution is -0.118. The third-order valence-electron chi connectivity index (χ3n) is 5.53. The Morgan fingerprint density at radius 2 is 1.86 bits per heavy atom. The second-order valence-corrected chi connectivity index (χ2v) is 8.72. The number of benzene rings is 2. The first-order valence-electron chi connectivity index (χ1n) is 9.99. The van der Waals surface area contributed by atoms with E-state index in [1.807, 2.05) is 42.5 Å². The molecule has 1 heterocycles. The second kappa shape index (κ2) is 9.40. The molecule has 29 heavy (non-hydrogen) atoms. The normalized spacial score (nSPS) is 11.6. The molecule has 0 aliphatic carbocycles. The van der Waals surface area contributed by atoms with Gasteiger partial charge in [-0.1, -0.05) is 57.9 Å². The van der Waals surface area contributed by atoms with Gasteiger partial charge >= 0.3 is 0 Å². The summed E-state index contributed by atoms with van der Waals surface area (Å²) in [6.07, 6.45) is 2.47. The quantitative estimate of drug-likeness (QED) is 0.414. The zero-order valence-corrected chi connectivity index (χ0v) is 18.0. The molecular formula is C24H27FN2OS. The van der Waals surface area contributed by atoms with Crippen molar-refractivity contribution in [3.8, 4) is 0 Å². The molecule has 2 aromatic carbocycles. The lowest BCUT2D eigenvalue weighted by Crippen LogP contribution is -2.23. The first kappa shape index (κ1) is 21.3. The highest BCUT2D eigenvalue weighted by Gasteiger charge is 2.23. The number of para-hydroxylation sites is 1. The maximum atomic E-state index is 14.0. The Labute approximate surface area is 176 Å². The zero-order valence-electron chi connectivity index (χ0n) is 17.2. The summed E-state index contributed by atoms with van der Waals surface area (Å²) in [5.74, 6) is 0.376. The van der Waals surface area contributed by atoms with Crippen molar-refractivity contribution in [2.75, 3.05) is 5.32 Å². The summed E-state index contributed by atoms with van der Waals surface area (Å²) in [5.41, 5.74) is 2.06. The molecule has 0 spiro atoms. The summed E-state index contributed by atoms with van der Waals surface area (Å²) in [4.78, 5) is 17.9. The minimum atomic E-state index is -0.301. The van der Waals surface area contributed by atoms with Gasteiger partial charge in [-0.2, -0.15) is 0 Å². The Kier molecular flexibility index (Phi) is 6.91. The van der Waals surface area contributed by atoms with Crippen LogP contribution in [0.3, 0.4) is 0 Å². The van der Waals surface area contributed by atoms with Gasteiger partial charge in [0.15, 0.2) is 0 Å². The standard InChI is InChI=1S/C24H27FN2OS/c1-4-24(3,5-2)15-22(28)26-18-9-7-10-20(14-18)29-16-19-13-12-17-8-6-11-21(25)23(17)27-19/h6-14H,4-5,15-16H2,1-3H3,(H,26,28). The Balaban J connectivity index is 1.64. The van der Waals surface area contributed by atoms with Crippen molar-refractivity contribution in [3.05, 3.63) is 66.1 Å². The fraction of sp³-hybridized carbons (Fsp3) is 0.333. The molecule has 3 nitrogen and oxygen atoms in total. The van der Waals surface area contributed by atoms with Crippen molar-refractivity contribution >= 4 is 34.3 Å². The van der Waals surface area contributed by atoms with Crippen LogP contribution in [0.5, 0.6) is 0 Å². The third-order valence-corrected chi connectivity index (χ3v) is 6.56. The molecule has 0 atom stereocenters. The van der Waals surface area contributed by atoms with Crippen molar-refractivity contribution in [3.63, 3.8) is 0 Å². The summed E-state index contributed by atoms with van der Waals surface area (Å²) in [6, 6.07) is 16.6. The number of halogens is 1. The van der Waals surface area contributed by atoms with Crippen molar-refractivity contribution in [2.45, 2.75) is 50.7 Å². The highest BCUT2D eigenvalue weighted by atomic mass is 32.2. The molecule has 0 saturated carbocycles. The van der Waals surface area contributed by atoms with E-state index in [-0.39, 0.29) is 17.1 Å². The van der Waals surface area contributed by atoms with Crippen LogP contribution in [0.15, 0.2) is 59.5 Å². The van der Waals surface area contributed by atoms with Gasteiger partial charge in [-0.3, -0.25) is 4.79 Å². The molecule has 1 aromatic heterocycles. The van der Waals surface area contributed by atoms with Gasteiger partial charge in [-0.05, 0) is 35.7 Å². The van der Waals surface area contributed by atoms with Crippen LogP contribution in [-0.2, 0) is 10.5 Å². The number of anilines is 1. The van der Waals surface area contributed by atoms with Crippen molar-refractivity contribution in [1.29, 1.82) is 0 Å². The van der Waals surface area contributed by atoms with Gasteiger partial charge in [0.2, 0.25) is 5.91 Å². The number of thioether (sulfide) groups is 1. The van der Waals surface area contributed by atoms with Crippen LogP contribution in [0.25, 0.3) is 10.9 Å². The molecule has 0 unspecified atom stereocenters. The molecule has 3 aromatic rings. The number of aromatic nitrogens is 1. The van der Waals surface area contributed by atoms with E-state index in [1.165, 1.54) is 6.07 Å². The van der Waals surface area contributed by atoms with Gasteiger partial charge < -0.3 is 5.32 Å². The second-order valence-electron chi connectivity index (χ2n) is 7.67. The number of carbonyl (C=O) groups is 1. The van der Waals surface area contributed by atoms with Crippen LogP contribution < -0.4 is 5.32 Å². The van der Waals surface area contributed by atoms with E-state index in [9.17, 15) is 9.18 Å². The fourth-order valence-electron chi connectivity index (χ4n) is 3.15. The molecule has 0 bridgehead atoms. The minimum Gasteiger partial charge on any atom is -0.326 e. The number of fused-ring (bicyclic) bond motifs is 1. The number of amides is 1. The van der Waals surface area contributed by atoms with Gasteiger partial charge in [0.25, 0.3) is 0 Å². The number of pyridine rings is 1. The van der Waals surface area contributed by atoms with E-state index in [0.29, 0.717) is 17.7 Å². The molecule has 0 aliphatic rings. The van der Waals surface area contributed by atoms with Gasteiger partial charge in [-0.25, -0.2) is 9.37 Å². The molecule has 152 valence electrons.